The molecule has 0 aliphatic heterocycles. The summed E-state index contributed by atoms with van der Waals surface area (Å²) in [6.45, 7) is 2.20. The molecule has 0 spiro atoms. The SMILES string of the molecule is C[C@@H]1C2CCC(CC2)C1Nc1nc(-c2c[nH]c3ncc(F)cc23)c(F)cc1F. The average Bonchev–Trinajstić information content (AvgIpc) is 3.09. The highest BCUT2D eigenvalue weighted by molar-refractivity contribution is 5.92. The van der Waals surface area contributed by atoms with Gasteiger partial charge in [0.05, 0.1) is 6.20 Å². The lowest BCUT2D eigenvalue weighted by Gasteiger charge is -2.47. The predicted octanol–water partition coefficient (Wildman–Crippen LogP) is 5.28. The van der Waals surface area contributed by atoms with E-state index in [4.69, 9.17) is 0 Å². The second-order valence-electron chi connectivity index (χ2n) is 8.11. The number of rotatable bonds is 3. The van der Waals surface area contributed by atoms with Crippen LogP contribution in [0.5, 0.6) is 0 Å². The molecule has 0 radical (unpaired) electrons. The van der Waals surface area contributed by atoms with Gasteiger partial charge in [-0.3, -0.25) is 0 Å². The standard InChI is InChI=1S/C21H21F3N4/c1-10-11-2-4-12(5-3-11)18(10)27-21-17(24)7-16(23)19(28-21)15-9-26-20-14(15)6-13(22)8-25-20/h6-12,18H,2-5H2,1H3,(H,25,26)(H,27,28)/t10-,11?,12?,18?/m1/s1. The van der Waals surface area contributed by atoms with Gasteiger partial charge in [-0.25, -0.2) is 23.1 Å². The van der Waals surface area contributed by atoms with Crippen LogP contribution in [-0.2, 0) is 0 Å². The van der Waals surface area contributed by atoms with Crippen molar-refractivity contribution in [2.75, 3.05) is 5.32 Å². The summed E-state index contributed by atoms with van der Waals surface area (Å²) in [5.74, 6) is -0.408. The molecular weight excluding hydrogens is 365 g/mol. The number of aromatic amines is 1. The van der Waals surface area contributed by atoms with Gasteiger partial charge in [-0.15, -0.1) is 0 Å². The highest BCUT2D eigenvalue weighted by atomic mass is 19.1. The number of pyridine rings is 2. The number of nitrogens with one attached hydrogen (secondary N) is 2. The third-order valence-electron chi connectivity index (χ3n) is 6.62. The van der Waals surface area contributed by atoms with E-state index in [1.54, 1.807) is 0 Å². The maximum atomic E-state index is 14.6. The molecule has 7 heteroatoms. The summed E-state index contributed by atoms with van der Waals surface area (Å²) >= 11 is 0. The van der Waals surface area contributed by atoms with E-state index in [0.717, 1.165) is 25.1 Å². The van der Waals surface area contributed by atoms with Crippen LogP contribution < -0.4 is 5.32 Å². The Kier molecular flexibility index (Phi) is 4.07. The molecule has 1 unspecified atom stereocenters. The number of aromatic nitrogens is 3. The molecule has 3 fully saturated rings. The van der Waals surface area contributed by atoms with E-state index in [-0.39, 0.29) is 17.6 Å². The van der Waals surface area contributed by atoms with Crippen molar-refractivity contribution in [1.82, 2.24) is 15.0 Å². The van der Waals surface area contributed by atoms with Crippen LogP contribution >= 0.6 is 0 Å². The lowest BCUT2D eigenvalue weighted by molar-refractivity contribution is 0.0926. The number of H-pyrrole nitrogens is 1. The van der Waals surface area contributed by atoms with Crippen LogP contribution in [0.2, 0.25) is 0 Å². The molecule has 0 saturated heterocycles. The third kappa shape index (κ3) is 2.75. The van der Waals surface area contributed by atoms with Gasteiger partial charge in [0.2, 0.25) is 0 Å². The molecule has 0 aromatic carbocycles. The molecule has 3 aliphatic rings. The first-order valence-corrected chi connectivity index (χ1v) is 9.77. The van der Waals surface area contributed by atoms with Crippen LogP contribution in [0.4, 0.5) is 19.0 Å². The smallest absolute Gasteiger partial charge is 0.168 e. The van der Waals surface area contributed by atoms with Crippen molar-refractivity contribution in [3.05, 3.63) is 42.0 Å². The van der Waals surface area contributed by atoms with Gasteiger partial charge in [-0.05, 0) is 49.5 Å². The Bertz CT molecular complexity index is 1040. The lowest BCUT2D eigenvalue weighted by atomic mass is 9.62. The fourth-order valence-corrected chi connectivity index (χ4v) is 5.09. The third-order valence-corrected chi connectivity index (χ3v) is 6.62. The van der Waals surface area contributed by atoms with Crippen LogP contribution in [0.25, 0.3) is 22.3 Å². The molecule has 0 amide bonds. The van der Waals surface area contributed by atoms with E-state index in [9.17, 15) is 13.2 Å². The Morgan fingerprint density at radius 1 is 1.04 bits per heavy atom. The van der Waals surface area contributed by atoms with Crippen LogP contribution in [0.3, 0.4) is 0 Å². The fraction of sp³-hybridized carbons (Fsp3) is 0.429. The van der Waals surface area contributed by atoms with E-state index in [1.165, 1.54) is 25.1 Å². The topological polar surface area (TPSA) is 53.6 Å². The van der Waals surface area contributed by atoms with Crippen LogP contribution in [0, 0.1) is 35.2 Å². The lowest BCUT2D eigenvalue weighted by Crippen LogP contribution is -2.47. The highest BCUT2D eigenvalue weighted by Gasteiger charge is 2.41. The van der Waals surface area contributed by atoms with Gasteiger partial charge in [0.25, 0.3) is 0 Å². The molecule has 2 bridgehead atoms. The maximum absolute atomic E-state index is 14.6. The predicted molar refractivity (Wildman–Crippen MR) is 101 cm³/mol. The van der Waals surface area contributed by atoms with E-state index in [1.807, 2.05) is 0 Å². The zero-order valence-corrected chi connectivity index (χ0v) is 15.5. The van der Waals surface area contributed by atoms with Gasteiger partial charge in [0.15, 0.2) is 17.5 Å². The monoisotopic (exact) mass is 386 g/mol. The first-order chi connectivity index (χ1) is 13.5. The Balaban J connectivity index is 1.54. The largest absolute Gasteiger partial charge is 0.364 e. The van der Waals surface area contributed by atoms with Gasteiger partial charge < -0.3 is 10.3 Å². The number of anilines is 1. The first kappa shape index (κ1) is 17.5. The zero-order chi connectivity index (χ0) is 19.4. The summed E-state index contributed by atoms with van der Waals surface area (Å²) in [7, 11) is 0. The van der Waals surface area contributed by atoms with Gasteiger partial charge in [-0.2, -0.15) is 0 Å². The molecule has 6 rings (SSSR count). The number of hydrogen-bond acceptors (Lipinski definition) is 3. The highest BCUT2D eigenvalue weighted by Crippen LogP contribution is 2.46. The van der Waals surface area contributed by atoms with Crippen LogP contribution in [-0.4, -0.2) is 21.0 Å². The summed E-state index contributed by atoms with van der Waals surface area (Å²) in [5, 5.41) is 3.68. The van der Waals surface area contributed by atoms with Crippen molar-refractivity contribution in [2.45, 2.75) is 38.6 Å². The van der Waals surface area contributed by atoms with Crippen molar-refractivity contribution in [3.63, 3.8) is 0 Å². The van der Waals surface area contributed by atoms with Crippen LogP contribution in [0.15, 0.2) is 24.5 Å². The molecule has 28 heavy (non-hydrogen) atoms. The molecule has 3 saturated carbocycles. The summed E-state index contributed by atoms with van der Waals surface area (Å²) < 4.78 is 42.7. The zero-order valence-electron chi connectivity index (χ0n) is 15.5. The fourth-order valence-electron chi connectivity index (χ4n) is 5.09. The first-order valence-electron chi connectivity index (χ1n) is 9.77. The molecule has 3 aromatic rings. The second kappa shape index (κ2) is 6.50. The van der Waals surface area contributed by atoms with Gasteiger partial charge in [-0.1, -0.05) is 6.92 Å². The number of hydrogen-bond donors (Lipinski definition) is 2. The van der Waals surface area contributed by atoms with E-state index >= 15 is 0 Å². The molecule has 2 N–H and O–H groups in total. The summed E-state index contributed by atoms with van der Waals surface area (Å²) in [6.07, 6.45) is 7.33. The van der Waals surface area contributed by atoms with Crippen molar-refractivity contribution < 1.29 is 13.2 Å². The van der Waals surface area contributed by atoms with Gasteiger partial charge in [0, 0.05) is 29.3 Å². The number of fused-ring (bicyclic) bond motifs is 4. The molecule has 146 valence electrons. The van der Waals surface area contributed by atoms with Crippen molar-refractivity contribution in [3.8, 4) is 11.3 Å². The Labute approximate surface area is 160 Å². The minimum atomic E-state index is -0.786. The second-order valence-corrected chi connectivity index (χ2v) is 8.11. The number of halogens is 3. The molecule has 2 atom stereocenters. The number of nitrogens with zero attached hydrogens (tertiary/aromatic N) is 2. The summed E-state index contributed by atoms with van der Waals surface area (Å²) in [4.78, 5) is 11.1. The Morgan fingerprint density at radius 3 is 2.54 bits per heavy atom. The Hall–Kier alpha value is -2.57. The van der Waals surface area contributed by atoms with Crippen molar-refractivity contribution in [2.24, 2.45) is 17.8 Å². The molecule has 3 heterocycles. The molecule has 3 aliphatic carbocycles. The van der Waals surface area contributed by atoms with Gasteiger partial charge in [0.1, 0.15) is 17.2 Å². The molecular formula is C21H21F3N4. The van der Waals surface area contributed by atoms with Crippen molar-refractivity contribution >= 4 is 16.9 Å². The molecule has 3 aromatic heterocycles. The minimum absolute atomic E-state index is 0.0174. The molecule has 4 nitrogen and oxygen atoms in total. The van der Waals surface area contributed by atoms with E-state index in [0.29, 0.717) is 34.4 Å². The van der Waals surface area contributed by atoms with Crippen LogP contribution in [0.1, 0.15) is 32.6 Å². The maximum Gasteiger partial charge on any atom is 0.168 e. The Morgan fingerprint density at radius 2 is 1.79 bits per heavy atom. The normalized spacial score (nSPS) is 26.7. The summed E-state index contributed by atoms with van der Waals surface area (Å²) in [6, 6.07) is 2.26. The quantitative estimate of drug-likeness (QED) is 0.644. The van der Waals surface area contributed by atoms with E-state index in [2.05, 4.69) is 27.2 Å². The van der Waals surface area contributed by atoms with E-state index < -0.39 is 17.5 Å². The van der Waals surface area contributed by atoms with Gasteiger partial charge >= 0.3 is 0 Å². The average molecular weight is 386 g/mol. The summed E-state index contributed by atoms with van der Waals surface area (Å²) in [5.41, 5.74) is 0.770. The van der Waals surface area contributed by atoms with Crippen molar-refractivity contribution in [1.29, 1.82) is 0 Å². The minimum Gasteiger partial charge on any atom is -0.364 e.